The number of aromatic nitrogens is 2. The number of rotatable bonds is 3. The van der Waals surface area contributed by atoms with Crippen LogP contribution in [0.25, 0.3) is 22.4 Å². The third-order valence-corrected chi connectivity index (χ3v) is 4.38. The van der Waals surface area contributed by atoms with Gasteiger partial charge in [0.25, 0.3) is 0 Å². The molecular weight excluding hydrogens is 306 g/mol. The molecule has 0 aliphatic carbocycles. The Balaban J connectivity index is 2.27. The highest BCUT2D eigenvalue weighted by molar-refractivity contribution is 7.07. The van der Waals surface area contributed by atoms with Gasteiger partial charge in [0.05, 0.1) is 11.2 Å². The number of nitrogens with two attached hydrogens (primary N) is 1. The molecule has 0 aliphatic heterocycles. The highest BCUT2D eigenvalue weighted by atomic mass is 32.1. The summed E-state index contributed by atoms with van der Waals surface area (Å²) in [4.78, 5) is 20.6. The van der Waals surface area contributed by atoms with Crippen LogP contribution in [0.2, 0.25) is 0 Å². The number of benzene rings is 1. The molecule has 5 heteroatoms. The maximum atomic E-state index is 11.9. The van der Waals surface area contributed by atoms with Crippen molar-refractivity contribution in [3.8, 4) is 22.4 Å². The number of aryl methyl sites for hydroxylation is 2. The first-order chi connectivity index (χ1) is 11.0. The summed E-state index contributed by atoms with van der Waals surface area (Å²) in [7, 11) is 0. The average Bonchev–Trinajstić information content (AvgIpc) is 3.00. The number of amides is 1. The zero-order chi connectivity index (χ0) is 16.6. The SMILES string of the molecule is Cc1cc(-c2cc(C(N)=O)c(C)c(-c3cscn3)c2)cc(C)n1. The molecule has 2 aromatic heterocycles. The molecule has 0 radical (unpaired) electrons. The van der Waals surface area contributed by atoms with Crippen LogP contribution in [0.4, 0.5) is 0 Å². The average molecular weight is 323 g/mol. The second kappa shape index (κ2) is 5.93. The molecule has 0 unspecified atom stereocenters. The number of carbonyl (C=O) groups is 1. The minimum atomic E-state index is -0.427. The fourth-order valence-electron chi connectivity index (χ4n) is 2.75. The molecule has 0 aliphatic rings. The van der Waals surface area contributed by atoms with Gasteiger partial charge in [-0.2, -0.15) is 0 Å². The van der Waals surface area contributed by atoms with Crippen molar-refractivity contribution in [2.45, 2.75) is 20.8 Å². The van der Waals surface area contributed by atoms with Gasteiger partial charge in [0.1, 0.15) is 0 Å². The molecule has 2 N–H and O–H groups in total. The molecule has 0 fully saturated rings. The van der Waals surface area contributed by atoms with E-state index in [2.05, 4.69) is 16.0 Å². The number of hydrogen-bond acceptors (Lipinski definition) is 4. The molecule has 0 atom stereocenters. The van der Waals surface area contributed by atoms with Gasteiger partial charge < -0.3 is 5.73 Å². The zero-order valence-corrected chi connectivity index (χ0v) is 14.1. The normalized spacial score (nSPS) is 10.7. The van der Waals surface area contributed by atoms with Crippen molar-refractivity contribution in [2.75, 3.05) is 0 Å². The van der Waals surface area contributed by atoms with E-state index in [0.29, 0.717) is 5.56 Å². The lowest BCUT2D eigenvalue weighted by atomic mass is 9.93. The maximum absolute atomic E-state index is 11.9. The Morgan fingerprint density at radius 1 is 1.04 bits per heavy atom. The quantitative estimate of drug-likeness (QED) is 0.795. The van der Waals surface area contributed by atoms with Gasteiger partial charge in [-0.05, 0) is 61.7 Å². The fourth-order valence-corrected chi connectivity index (χ4v) is 3.30. The molecular formula is C18H17N3OS. The highest BCUT2D eigenvalue weighted by Crippen LogP contribution is 2.32. The summed E-state index contributed by atoms with van der Waals surface area (Å²) in [5.74, 6) is -0.427. The molecule has 0 saturated carbocycles. The summed E-state index contributed by atoms with van der Waals surface area (Å²) in [6, 6.07) is 7.92. The molecule has 23 heavy (non-hydrogen) atoms. The molecule has 0 spiro atoms. The van der Waals surface area contributed by atoms with Crippen LogP contribution >= 0.6 is 11.3 Å². The van der Waals surface area contributed by atoms with Crippen LogP contribution in [0.1, 0.15) is 27.3 Å². The number of pyridine rings is 1. The number of hydrogen-bond donors (Lipinski definition) is 1. The summed E-state index contributed by atoms with van der Waals surface area (Å²) in [5, 5.41) is 1.97. The van der Waals surface area contributed by atoms with Crippen LogP contribution in [-0.2, 0) is 0 Å². The van der Waals surface area contributed by atoms with E-state index < -0.39 is 5.91 Å². The Bertz CT molecular complexity index is 865. The Morgan fingerprint density at radius 3 is 2.26 bits per heavy atom. The number of thiazole rings is 1. The van der Waals surface area contributed by atoms with Crippen molar-refractivity contribution >= 4 is 17.2 Å². The molecule has 4 nitrogen and oxygen atoms in total. The summed E-state index contributed by atoms with van der Waals surface area (Å²) < 4.78 is 0. The van der Waals surface area contributed by atoms with Gasteiger partial charge in [-0.15, -0.1) is 11.3 Å². The largest absolute Gasteiger partial charge is 0.366 e. The first-order valence-corrected chi connectivity index (χ1v) is 8.18. The highest BCUT2D eigenvalue weighted by Gasteiger charge is 2.15. The predicted molar refractivity (Wildman–Crippen MR) is 93.5 cm³/mol. The van der Waals surface area contributed by atoms with Crippen LogP contribution in [0, 0.1) is 20.8 Å². The summed E-state index contributed by atoms with van der Waals surface area (Å²) in [5.41, 5.74) is 14.4. The topological polar surface area (TPSA) is 68.9 Å². The minimum absolute atomic E-state index is 0.427. The lowest BCUT2D eigenvalue weighted by molar-refractivity contribution is 0.1000. The molecule has 116 valence electrons. The zero-order valence-electron chi connectivity index (χ0n) is 13.3. The lowest BCUT2D eigenvalue weighted by Gasteiger charge is -2.12. The van der Waals surface area contributed by atoms with E-state index >= 15 is 0 Å². The Labute approximate surface area is 139 Å². The smallest absolute Gasteiger partial charge is 0.249 e. The van der Waals surface area contributed by atoms with Gasteiger partial charge in [-0.3, -0.25) is 9.78 Å². The van der Waals surface area contributed by atoms with E-state index in [9.17, 15) is 4.79 Å². The van der Waals surface area contributed by atoms with Gasteiger partial charge in [0.2, 0.25) is 5.91 Å². The molecule has 0 saturated heterocycles. The van der Waals surface area contributed by atoms with E-state index in [0.717, 1.165) is 39.3 Å². The number of carbonyl (C=O) groups excluding carboxylic acids is 1. The molecule has 3 rings (SSSR count). The van der Waals surface area contributed by atoms with Crippen molar-refractivity contribution in [2.24, 2.45) is 5.73 Å². The second-order valence-corrected chi connectivity index (χ2v) is 6.29. The van der Waals surface area contributed by atoms with Crippen molar-refractivity contribution in [1.29, 1.82) is 0 Å². The second-order valence-electron chi connectivity index (χ2n) is 5.57. The third-order valence-electron chi connectivity index (χ3n) is 3.80. The summed E-state index contributed by atoms with van der Waals surface area (Å²) in [6.07, 6.45) is 0. The standard InChI is InChI=1S/C18H17N3OS/c1-10-4-13(5-11(2)21-10)14-6-15(17-8-23-9-20-17)12(3)16(7-14)18(19)22/h4-9H,1-3H3,(H2,19,22). The van der Waals surface area contributed by atoms with Crippen molar-refractivity contribution in [3.63, 3.8) is 0 Å². The molecule has 0 bridgehead atoms. The van der Waals surface area contributed by atoms with Gasteiger partial charge in [0.15, 0.2) is 0 Å². The molecule has 1 aromatic carbocycles. The fraction of sp³-hybridized carbons (Fsp3) is 0.167. The Kier molecular flexibility index (Phi) is 3.96. The van der Waals surface area contributed by atoms with E-state index in [1.807, 2.05) is 44.4 Å². The number of primary amides is 1. The first kappa shape index (κ1) is 15.4. The van der Waals surface area contributed by atoms with Crippen molar-refractivity contribution in [3.05, 3.63) is 57.7 Å². The summed E-state index contributed by atoms with van der Waals surface area (Å²) in [6.45, 7) is 5.82. The van der Waals surface area contributed by atoms with Crippen molar-refractivity contribution in [1.82, 2.24) is 9.97 Å². The van der Waals surface area contributed by atoms with Gasteiger partial charge in [-0.1, -0.05) is 0 Å². The monoisotopic (exact) mass is 323 g/mol. The molecule has 2 heterocycles. The van der Waals surface area contributed by atoms with Crippen LogP contribution in [-0.4, -0.2) is 15.9 Å². The van der Waals surface area contributed by atoms with Gasteiger partial charge in [0, 0.05) is 27.9 Å². The minimum Gasteiger partial charge on any atom is -0.366 e. The van der Waals surface area contributed by atoms with Crippen LogP contribution in [0.3, 0.4) is 0 Å². The van der Waals surface area contributed by atoms with E-state index in [-0.39, 0.29) is 0 Å². The Hall–Kier alpha value is -2.53. The lowest BCUT2D eigenvalue weighted by Crippen LogP contribution is -2.13. The maximum Gasteiger partial charge on any atom is 0.249 e. The van der Waals surface area contributed by atoms with Crippen LogP contribution < -0.4 is 5.73 Å². The van der Waals surface area contributed by atoms with E-state index in [4.69, 9.17) is 5.73 Å². The summed E-state index contributed by atoms with van der Waals surface area (Å²) >= 11 is 1.53. The molecule has 1 amide bonds. The number of nitrogens with zero attached hydrogens (tertiary/aromatic N) is 2. The van der Waals surface area contributed by atoms with E-state index in [1.165, 1.54) is 11.3 Å². The van der Waals surface area contributed by atoms with Gasteiger partial charge in [-0.25, -0.2) is 4.98 Å². The van der Waals surface area contributed by atoms with Gasteiger partial charge >= 0.3 is 0 Å². The van der Waals surface area contributed by atoms with E-state index in [1.54, 1.807) is 5.51 Å². The van der Waals surface area contributed by atoms with Crippen LogP contribution in [0.15, 0.2) is 35.2 Å². The predicted octanol–water partition coefficient (Wildman–Crippen LogP) is 3.90. The van der Waals surface area contributed by atoms with Crippen molar-refractivity contribution < 1.29 is 4.79 Å². The Morgan fingerprint density at radius 2 is 1.70 bits per heavy atom. The molecule has 3 aromatic rings. The first-order valence-electron chi connectivity index (χ1n) is 7.24. The van der Waals surface area contributed by atoms with Crippen LogP contribution in [0.5, 0.6) is 0 Å². The third kappa shape index (κ3) is 3.00.